The van der Waals surface area contributed by atoms with E-state index in [1.54, 1.807) is 13.0 Å². The zero-order valence-electron chi connectivity index (χ0n) is 21.2. The molecule has 0 aromatic heterocycles. The number of hydrogen-bond acceptors (Lipinski definition) is 6. The molecule has 1 atom stereocenters. The highest BCUT2D eigenvalue weighted by atomic mass is 16.5. The van der Waals surface area contributed by atoms with Crippen LogP contribution in [0.3, 0.4) is 0 Å². The second-order valence-corrected chi connectivity index (χ2v) is 10.1. The Kier molecular flexibility index (Phi) is 9.71. The SMILES string of the molecule is CCOC(=O)CCCc1ccc(C#N)c(OC[C@@H](O)CNC(C)(C)CC2Cc3ccccc3C2)c1. The van der Waals surface area contributed by atoms with Gasteiger partial charge < -0.3 is 19.9 Å². The van der Waals surface area contributed by atoms with Crippen molar-refractivity contribution in [1.82, 2.24) is 5.32 Å². The van der Waals surface area contributed by atoms with Gasteiger partial charge in [0.1, 0.15) is 24.5 Å². The van der Waals surface area contributed by atoms with Crippen molar-refractivity contribution in [3.8, 4) is 11.8 Å². The molecule has 188 valence electrons. The molecule has 35 heavy (non-hydrogen) atoms. The van der Waals surface area contributed by atoms with E-state index >= 15 is 0 Å². The smallest absolute Gasteiger partial charge is 0.305 e. The highest BCUT2D eigenvalue weighted by Gasteiger charge is 2.28. The number of ether oxygens (including phenoxy) is 2. The van der Waals surface area contributed by atoms with Crippen molar-refractivity contribution in [2.45, 2.75) is 70.9 Å². The maximum atomic E-state index is 11.5. The fourth-order valence-corrected chi connectivity index (χ4v) is 4.83. The van der Waals surface area contributed by atoms with E-state index in [0.717, 1.165) is 24.8 Å². The summed E-state index contributed by atoms with van der Waals surface area (Å²) in [5.74, 6) is 0.866. The second-order valence-electron chi connectivity index (χ2n) is 10.1. The maximum absolute atomic E-state index is 11.5. The highest BCUT2D eigenvalue weighted by molar-refractivity contribution is 5.69. The Morgan fingerprint density at radius 3 is 2.60 bits per heavy atom. The van der Waals surface area contributed by atoms with Crippen LogP contribution in [-0.4, -0.2) is 42.5 Å². The van der Waals surface area contributed by atoms with Crippen LogP contribution in [0.4, 0.5) is 0 Å². The van der Waals surface area contributed by atoms with Gasteiger partial charge in [0.25, 0.3) is 0 Å². The van der Waals surface area contributed by atoms with Crippen LogP contribution in [0.1, 0.15) is 62.3 Å². The van der Waals surface area contributed by atoms with Gasteiger partial charge in [0.15, 0.2) is 0 Å². The topological polar surface area (TPSA) is 91.6 Å². The molecule has 2 N–H and O–H groups in total. The van der Waals surface area contributed by atoms with Gasteiger partial charge in [0.05, 0.1) is 12.2 Å². The van der Waals surface area contributed by atoms with Gasteiger partial charge in [-0.05, 0) is 87.6 Å². The Morgan fingerprint density at radius 1 is 1.23 bits per heavy atom. The predicted octanol–water partition coefficient (Wildman–Crippen LogP) is 4.36. The average Bonchev–Trinajstić information content (AvgIpc) is 3.23. The summed E-state index contributed by atoms with van der Waals surface area (Å²) >= 11 is 0. The molecule has 2 aromatic carbocycles. The molecule has 0 spiro atoms. The number of esters is 1. The normalized spacial score (nSPS) is 14.3. The fraction of sp³-hybridized carbons (Fsp3) is 0.517. The van der Waals surface area contributed by atoms with Crippen molar-refractivity contribution in [2.24, 2.45) is 5.92 Å². The van der Waals surface area contributed by atoms with Crippen molar-refractivity contribution in [3.63, 3.8) is 0 Å². The van der Waals surface area contributed by atoms with E-state index in [1.165, 1.54) is 11.1 Å². The van der Waals surface area contributed by atoms with Crippen LogP contribution in [0, 0.1) is 17.2 Å². The average molecular weight is 479 g/mol. The summed E-state index contributed by atoms with van der Waals surface area (Å²) in [6.07, 6.45) is 4.26. The lowest BCUT2D eigenvalue weighted by Crippen LogP contribution is -2.46. The van der Waals surface area contributed by atoms with Crippen molar-refractivity contribution in [1.29, 1.82) is 5.26 Å². The highest BCUT2D eigenvalue weighted by Crippen LogP contribution is 2.31. The molecule has 3 rings (SSSR count). The quantitative estimate of drug-likeness (QED) is 0.416. The Bertz CT molecular complexity index is 1000. The van der Waals surface area contributed by atoms with Gasteiger partial charge in [-0.1, -0.05) is 30.3 Å². The van der Waals surface area contributed by atoms with Crippen LogP contribution in [-0.2, 0) is 28.8 Å². The summed E-state index contributed by atoms with van der Waals surface area (Å²) in [7, 11) is 0. The number of benzene rings is 2. The number of hydrogen-bond donors (Lipinski definition) is 2. The number of aryl methyl sites for hydroxylation is 1. The first kappa shape index (κ1) is 26.7. The number of fused-ring (bicyclic) bond motifs is 1. The molecule has 0 fully saturated rings. The summed E-state index contributed by atoms with van der Waals surface area (Å²) < 4.78 is 10.8. The van der Waals surface area contributed by atoms with E-state index in [-0.39, 0.29) is 18.1 Å². The number of β-amino-alcohol motifs (C(OH)–C–C–N with tert-alkyl or cyclic N) is 1. The molecule has 0 radical (unpaired) electrons. The maximum Gasteiger partial charge on any atom is 0.305 e. The molecular formula is C29H38N2O4. The number of carbonyl (C=O) groups excluding carboxylic acids is 1. The molecule has 1 aliphatic carbocycles. The first-order valence-electron chi connectivity index (χ1n) is 12.6. The lowest BCUT2D eigenvalue weighted by molar-refractivity contribution is -0.143. The van der Waals surface area contributed by atoms with Crippen LogP contribution in [0.5, 0.6) is 5.75 Å². The van der Waals surface area contributed by atoms with Gasteiger partial charge in [-0.15, -0.1) is 0 Å². The molecule has 0 aliphatic heterocycles. The molecule has 1 aliphatic rings. The number of carbonyl (C=O) groups is 1. The molecule has 6 heteroatoms. The molecule has 0 saturated carbocycles. The number of nitrogens with one attached hydrogen (secondary N) is 1. The van der Waals surface area contributed by atoms with Crippen LogP contribution >= 0.6 is 0 Å². The van der Waals surface area contributed by atoms with Gasteiger partial charge in [0, 0.05) is 18.5 Å². The summed E-state index contributed by atoms with van der Waals surface area (Å²) in [6, 6.07) is 16.2. The van der Waals surface area contributed by atoms with Crippen LogP contribution in [0.2, 0.25) is 0 Å². The zero-order valence-corrected chi connectivity index (χ0v) is 21.2. The Labute approximate surface area is 209 Å². The lowest BCUT2D eigenvalue weighted by Gasteiger charge is -2.30. The summed E-state index contributed by atoms with van der Waals surface area (Å²) in [6.45, 7) is 7.04. The van der Waals surface area contributed by atoms with Gasteiger partial charge in [0.2, 0.25) is 0 Å². The predicted molar refractivity (Wildman–Crippen MR) is 136 cm³/mol. The minimum Gasteiger partial charge on any atom is -0.489 e. The fourth-order valence-electron chi connectivity index (χ4n) is 4.83. The van der Waals surface area contributed by atoms with Gasteiger partial charge in [-0.2, -0.15) is 5.26 Å². The Hall–Kier alpha value is -2.88. The van der Waals surface area contributed by atoms with Crippen molar-refractivity contribution in [3.05, 3.63) is 64.7 Å². The molecule has 6 nitrogen and oxygen atoms in total. The molecule has 0 saturated heterocycles. The summed E-state index contributed by atoms with van der Waals surface area (Å²) in [5, 5.41) is 23.5. The third-order valence-electron chi connectivity index (χ3n) is 6.50. The van der Waals surface area contributed by atoms with Gasteiger partial charge >= 0.3 is 5.97 Å². The van der Waals surface area contributed by atoms with E-state index < -0.39 is 6.10 Å². The first-order valence-corrected chi connectivity index (χ1v) is 12.6. The number of aliphatic hydroxyl groups is 1. The van der Waals surface area contributed by atoms with E-state index in [2.05, 4.69) is 49.5 Å². The second kappa shape index (κ2) is 12.7. The molecule has 0 unspecified atom stereocenters. The van der Waals surface area contributed by atoms with Gasteiger partial charge in [-0.25, -0.2) is 0 Å². The van der Waals surface area contributed by atoms with E-state index in [0.29, 0.717) is 49.6 Å². The summed E-state index contributed by atoms with van der Waals surface area (Å²) in [5.41, 5.74) is 4.22. The minimum atomic E-state index is -0.700. The van der Waals surface area contributed by atoms with E-state index in [4.69, 9.17) is 9.47 Å². The lowest BCUT2D eigenvalue weighted by atomic mass is 9.88. The molecule has 0 heterocycles. The Balaban J connectivity index is 1.44. The third-order valence-corrected chi connectivity index (χ3v) is 6.50. The van der Waals surface area contributed by atoms with E-state index in [1.807, 2.05) is 12.1 Å². The third kappa shape index (κ3) is 8.38. The van der Waals surface area contributed by atoms with Crippen molar-refractivity contribution < 1.29 is 19.4 Å². The van der Waals surface area contributed by atoms with Crippen LogP contribution in [0.15, 0.2) is 42.5 Å². The zero-order chi connectivity index (χ0) is 25.3. The largest absolute Gasteiger partial charge is 0.489 e. The molecule has 0 bridgehead atoms. The number of rotatable bonds is 13. The molecular weight excluding hydrogens is 440 g/mol. The van der Waals surface area contributed by atoms with Crippen molar-refractivity contribution in [2.75, 3.05) is 19.8 Å². The van der Waals surface area contributed by atoms with Crippen LogP contribution in [0.25, 0.3) is 0 Å². The molecule has 2 aromatic rings. The molecule has 0 amide bonds. The van der Waals surface area contributed by atoms with Crippen LogP contribution < -0.4 is 10.1 Å². The number of nitrogens with zero attached hydrogens (tertiary/aromatic N) is 1. The minimum absolute atomic E-state index is 0.0961. The number of nitriles is 1. The van der Waals surface area contributed by atoms with E-state index in [9.17, 15) is 15.2 Å². The standard InChI is InChI=1S/C29H38N2O4/c1-4-34-28(33)11-7-8-21-12-13-25(18-30)27(16-21)35-20-26(32)19-31-29(2,3)17-22-14-23-9-5-6-10-24(23)15-22/h5-6,9-10,12-13,16,22,26,31-32H,4,7-8,11,14-15,17,19-20H2,1-3H3/t26-/m0/s1. The van der Waals surface area contributed by atoms with Gasteiger partial charge in [-0.3, -0.25) is 4.79 Å². The summed E-state index contributed by atoms with van der Waals surface area (Å²) in [4.78, 5) is 11.5. The van der Waals surface area contributed by atoms with Crippen molar-refractivity contribution >= 4 is 5.97 Å². The Morgan fingerprint density at radius 2 is 1.94 bits per heavy atom. The monoisotopic (exact) mass is 478 g/mol. The number of aliphatic hydroxyl groups excluding tert-OH is 1. The first-order chi connectivity index (χ1) is 16.8.